The van der Waals surface area contributed by atoms with Gasteiger partial charge in [-0.15, -0.1) is 0 Å². The average Bonchev–Trinajstić information content (AvgIpc) is 3.42. The quantitative estimate of drug-likeness (QED) is 0.275. The number of aromatic hydroxyl groups is 1. The molecule has 2 aromatic heterocycles. The number of aromatic nitrogens is 2. The molecule has 4 rings (SSSR count). The van der Waals surface area contributed by atoms with Crippen LogP contribution in [0.25, 0.3) is 23.9 Å². The maximum atomic E-state index is 13.7. The molecule has 0 aliphatic rings. The number of pyridine rings is 1. The van der Waals surface area contributed by atoms with Gasteiger partial charge in [-0.05, 0) is 31.1 Å². The summed E-state index contributed by atoms with van der Waals surface area (Å²) in [4.78, 5) is 34.6. The van der Waals surface area contributed by atoms with Gasteiger partial charge >= 0.3 is 0 Å². The maximum Gasteiger partial charge on any atom is 0.280 e. The number of anilines is 1. The Labute approximate surface area is 243 Å². The minimum atomic E-state index is -0.710. The Hall–Kier alpha value is -4.68. The number of hydrogen-bond acceptors (Lipinski definition) is 7. The fraction of sp³-hybridized carbons (Fsp3) is 0.250. The monoisotopic (exact) mass is 567 g/mol. The third-order valence-corrected chi connectivity index (χ3v) is 7.72. The molecular formula is C32H33N5O3S. The number of carbonyl (C=O) groups is 1. The van der Waals surface area contributed by atoms with Crippen molar-refractivity contribution in [2.24, 2.45) is 0 Å². The van der Waals surface area contributed by atoms with E-state index in [1.54, 1.807) is 36.4 Å². The normalized spacial score (nSPS) is 11.3. The molecule has 0 saturated heterocycles. The van der Waals surface area contributed by atoms with Crippen LogP contribution >= 0.6 is 11.3 Å². The SMILES string of the molecule is C=c1c(C#N)c(O)n(NC(=O)c2ccccc2)c(=O)/c1=C\c1sc(N(CCCC)CCCC)nc1-c1ccccc1. The van der Waals surface area contributed by atoms with Crippen molar-refractivity contribution in [2.75, 3.05) is 23.4 Å². The van der Waals surface area contributed by atoms with Crippen molar-refractivity contribution in [3.05, 3.63) is 97.5 Å². The summed E-state index contributed by atoms with van der Waals surface area (Å²) < 4.78 is 0.702. The zero-order valence-corrected chi connectivity index (χ0v) is 24.1. The topological polar surface area (TPSA) is 111 Å². The van der Waals surface area contributed by atoms with Crippen LogP contribution in [0.2, 0.25) is 0 Å². The van der Waals surface area contributed by atoms with Gasteiger partial charge in [0.15, 0.2) is 5.13 Å². The number of carbonyl (C=O) groups excluding carboxylic acids is 1. The highest BCUT2D eigenvalue weighted by molar-refractivity contribution is 7.16. The molecule has 210 valence electrons. The average molecular weight is 568 g/mol. The van der Waals surface area contributed by atoms with Crippen LogP contribution in [0.1, 0.15) is 60.3 Å². The molecule has 0 fully saturated rings. The first-order valence-corrected chi connectivity index (χ1v) is 14.5. The van der Waals surface area contributed by atoms with E-state index in [0.29, 0.717) is 20.8 Å². The van der Waals surface area contributed by atoms with Crippen molar-refractivity contribution in [3.8, 4) is 23.2 Å². The lowest BCUT2D eigenvalue weighted by Crippen LogP contribution is -2.49. The van der Waals surface area contributed by atoms with Gasteiger partial charge in [0.2, 0.25) is 5.88 Å². The van der Waals surface area contributed by atoms with Crippen LogP contribution in [0.3, 0.4) is 0 Å². The van der Waals surface area contributed by atoms with Gasteiger partial charge in [0.25, 0.3) is 11.5 Å². The third kappa shape index (κ3) is 6.56. The summed E-state index contributed by atoms with van der Waals surface area (Å²) in [6.07, 6.45) is 5.82. The minimum absolute atomic E-state index is 0.0722. The van der Waals surface area contributed by atoms with Crippen LogP contribution in [0.4, 0.5) is 5.13 Å². The Balaban J connectivity index is 1.92. The zero-order valence-electron chi connectivity index (χ0n) is 23.3. The smallest absolute Gasteiger partial charge is 0.280 e. The van der Waals surface area contributed by atoms with Crippen LogP contribution in [0.5, 0.6) is 5.88 Å². The molecule has 2 N–H and O–H groups in total. The van der Waals surface area contributed by atoms with Gasteiger partial charge in [-0.3, -0.25) is 15.0 Å². The molecule has 0 aliphatic carbocycles. The number of benzene rings is 2. The fourth-order valence-electron chi connectivity index (χ4n) is 4.34. The predicted molar refractivity (Wildman–Crippen MR) is 165 cm³/mol. The van der Waals surface area contributed by atoms with Gasteiger partial charge in [0.05, 0.1) is 15.8 Å². The Morgan fingerprint density at radius 1 is 1.10 bits per heavy atom. The number of thiazole rings is 1. The summed E-state index contributed by atoms with van der Waals surface area (Å²) in [5, 5.41) is 21.6. The summed E-state index contributed by atoms with van der Waals surface area (Å²) in [6.45, 7) is 10.00. The fourth-order valence-corrected chi connectivity index (χ4v) is 5.42. The molecule has 0 saturated carbocycles. The summed E-state index contributed by atoms with van der Waals surface area (Å²) >= 11 is 1.46. The molecule has 0 unspecified atom stereocenters. The predicted octanol–water partition coefficient (Wildman–Crippen LogP) is 4.58. The van der Waals surface area contributed by atoms with Crippen molar-refractivity contribution in [3.63, 3.8) is 0 Å². The molecule has 4 aromatic rings. The Morgan fingerprint density at radius 2 is 1.71 bits per heavy atom. The standard InChI is InChI=1S/C32H33N5O3S/c1-4-6-18-36(19-7-5-2)32-34-28(23-14-10-8-11-15-23)27(41-32)20-25-22(3)26(21-33)31(40)37(30(25)39)35-29(38)24-16-12-9-13-17-24/h8-17,20,40H,3-7,18-19H2,1-2H3,(H,35,38)/b25-20-. The van der Waals surface area contributed by atoms with Crippen LogP contribution in [0.15, 0.2) is 65.5 Å². The van der Waals surface area contributed by atoms with Crippen molar-refractivity contribution in [2.45, 2.75) is 39.5 Å². The lowest BCUT2D eigenvalue weighted by Gasteiger charge is -2.21. The van der Waals surface area contributed by atoms with E-state index in [1.807, 2.05) is 36.4 Å². The first-order chi connectivity index (χ1) is 19.9. The molecule has 41 heavy (non-hydrogen) atoms. The molecule has 9 heteroatoms. The van der Waals surface area contributed by atoms with Gasteiger partial charge in [-0.25, -0.2) is 4.98 Å². The van der Waals surface area contributed by atoms with Crippen LogP contribution in [-0.4, -0.2) is 33.8 Å². The molecule has 2 heterocycles. The molecule has 0 aliphatic heterocycles. The van der Waals surface area contributed by atoms with E-state index in [4.69, 9.17) is 4.98 Å². The molecule has 0 spiro atoms. The van der Waals surface area contributed by atoms with Crippen LogP contribution in [-0.2, 0) is 0 Å². The van der Waals surface area contributed by atoms with Gasteiger partial charge in [0, 0.05) is 29.4 Å². The van der Waals surface area contributed by atoms with Crippen molar-refractivity contribution in [1.82, 2.24) is 9.66 Å². The minimum Gasteiger partial charge on any atom is -0.492 e. The second kappa shape index (κ2) is 13.6. The first kappa shape index (κ1) is 29.3. The summed E-state index contributed by atoms with van der Waals surface area (Å²) in [6, 6.07) is 19.9. The Bertz CT molecular complexity index is 1720. The summed E-state index contributed by atoms with van der Waals surface area (Å²) in [5.74, 6) is -1.29. The van der Waals surface area contributed by atoms with E-state index < -0.39 is 17.3 Å². The molecule has 8 nitrogen and oxygen atoms in total. The van der Waals surface area contributed by atoms with Gasteiger partial charge in [-0.1, -0.05) is 93.1 Å². The van der Waals surface area contributed by atoms with E-state index in [2.05, 4.69) is 30.8 Å². The zero-order chi connectivity index (χ0) is 29.4. The Morgan fingerprint density at radius 3 is 2.29 bits per heavy atom. The number of nitrogens with one attached hydrogen (secondary N) is 1. The number of nitrogens with zero attached hydrogens (tertiary/aromatic N) is 4. The van der Waals surface area contributed by atoms with Crippen LogP contribution < -0.4 is 26.3 Å². The highest BCUT2D eigenvalue weighted by atomic mass is 32.1. The lowest BCUT2D eigenvalue weighted by atomic mass is 10.1. The molecule has 0 radical (unpaired) electrons. The third-order valence-electron chi connectivity index (χ3n) is 6.66. The second-order valence-corrected chi connectivity index (χ2v) is 10.6. The number of rotatable bonds is 11. The van der Waals surface area contributed by atoms with Crippen LogP contribution in [0, 0.1) is 11.3 Å². The van der Waals surface area contributed by atoms with Gasteiger partial charge in [-0.2, -0.15) is 9.94 Å². The number of unbranched alkanes of at least 4 members (excludes halogenated alkanes) is 2. The van der Waals surface area contributed by atoms with E-state index >= 15 is 0 Å². The number of hydrogen-bond donors (Lipinski definition) is 2. The van der Waals surface area contributed by atoms with Crippen molar-refractivity contribution in [1.29, 1.82) is 5.26 Å². The molecule has 2 aromatic carbocycles. The molecular weight excluding hydrogens is 534 g/mol. The first-order valence-electron chi connectivity index (χ1n) is 13.7. The van der Waals surface area contributed by atoms with E-state index in [9.17, 15) is 20.0 Å². The summed E-state index contributed by atoms with van der Waals surface area (Å²) in [5.41, 5.74) is 3.40. The van der Waals surface area contributed by atoms with Gasteiger partial charge < -0.3 is 10.0 Å². The highest BCUT2D eigenvalue weighted by Crippen LogP contribution is 2.34. The maximum absolute atomic E-state index is 13.7. The van der Waals surface area contributed by atoms with Crippen molar-refractivity contribution >= 4 is 35.0 Å². The molecule has 0 bridgehead atoms. The van der Waals surface area contributed by atoms with E-state index in [1.165, 1.54) is 11.3 Å². The highest BCUT2D eigenvalue weighted by Gasteiger charge is 2.19. The molecule has 1 amide bonds. The van der Waals surface area contributed by atoms with Gasteiger partial charge in [0.1, 0.15) is 11.6 Å². The lowest BCUT2D eigenvalue weighted by molar-refractivity contribution is 0.100. The Kier molecular flexibility index (Phi) is 9.72. The second-order valence-electron chi connectivity index (χ2n) is 9.56. The number of amides is 1. The van der Waals surface area contributed by atoms with E-state index in [-0.39, 0.29) is 16.0 Å². The molecule has 0 atom stereocenters. The van der Waals surface area contributed by atoms with Crippen molar-refractivity contribution < 1.29 is 9.90 Å². The van der Waals surface area contributed by atoms with E-state index in [0.717, 1.165) is 49.5 Å². The largest absolute Gasteiger partial charge is 0.492 e. The number of nitriles is 1. The summed E-state index contributed by atoms with van der Waals surface area (Å²) in [7, 11) is 0.